The van der Waals surface area contributed by atoms with E-state index in [4.69, 9.17) is 0 Å². The van der Waals surface area contributed by atoms with Crippen molar-refractivity contribution < 1.29 is 9.90 Å². The Balaban J connectivity index is 1.25. The lowest BCUT2D eigenvalue weighted by molar-refractivity contribution is 0.0952. The summed E-state index contributed by atoms with van der Waals surface area (Å²) in [4.78, 5) is 12.8. The second kappa shape index (κ2) is 9.00. The maximum atomic E-state index is 12.8. The lowest BCUT2D eigenvalue weighted by Gasteiger charge is -2.37. The molecule has 1 aliphatic carbocycles. The maximum Gasteiger partial charge on any atom is 0.275 e. The largest absolute Gasteiger partial charge is 0.507 e. The van der Waals surface area contributed by atoms with E-state index in [9.17, 15) is 9.90 Å². The van der Waals surface area contributed by atoms with Gasteiger partial charge in [0, 0.05) is 11.6 Å². The predicted molar refractivity (Wildman–Crippen MR) is 145 cm³/mol. The molecule has 1 heterocycles. The highest BCUT2D eigenvalue weighted by atomic mass is 16.3. The average Bonchev–Trinajstić information content (AvgIpc) is 3.41. The molecule has 0 spiro atoms. The zero-order valence-electron chi connectivity index (χ0n) is 20.0. The Morgan fingerprint density at radius 2 is 1.72 bits per heavy atom. The number of nitrogens with one attached hydrogen (secondary N) is 2. The summed E-state index contributed by atoms with van der Waals surface area (Å²) in [6.07, 6.45) is 5.64. The van der Waals surface area contributed by atoms with Crippen LogP contribution >= 0.6 is 0 Å². The van der Waals surface area contributed by atoms with Crippen LogP contribution in [0.3, 0.4) is 0 Å². The van der Waals surface area contributed by atoms with Crippen LogP contribution in [-0.2, 0) is 0 Å². The van der Waals surface area contributed by atoms with E-state index >= 15 is 0 Å². The monoisotopic (exact) mass is 473 g/mol. The molecule has 0 saturated carbocycles. The van der Waals surface area contributed by atoms with E-state index in [1.165, 1.54) is 11.1 Å². The molecule has 0 radical (unpaired) electrons. The summed E-state index contributed by atoms with van der Waals surface area (Å²) in [6.45, 7) is 1.88. The molecule has 2 aliphatic rings. The molecular weight excluding hydrogens is 446 g/mol. The van der Waals surface area contributed by atoms with Gasteiger partial charge in [0.25, 0.3) is 5.91 Å². The van der Waals surface area contributed by atoms with Gasteiger partial charge in [0.05, 0.1) is 17.3 Å². The number of phenols is 1. The van der Waals surface area contributed by atoms with Crippen LogP contribution in [-0.4, -0.2) is 16.7 Å². The van der Waals surface area contributed by atoms with Gasteiger partial charge in [0.1, 0.15) is 5.75 Å². The Hall–Kier alpha value is -4.38. The summed E-state index contributed by atoms with van der Waals surface area (Å²) < 4.78 is 0. The summed E-state index contributed by atoms with van der Waals surface area (Å²) >= 11 is 0. The molecule has 5 nitrogen and oxygen atoms in total. The normalized spacial score (nSPS) is 20.5. The smallest absolute Gasteiger partial charge is 0.275 e. The molecule has 6 rings (SSSR count). The highest BCUT2D eigenvalue weighted by Gasteiger charge is 2.37. The van der Waals surface area contributed by atoms with Crippen LogP contribution < -0.4 is 10.7 Å². The number of allylic oxidation sites excluding steroid dienone is 2. The number of fused-ring (bicyclic) bond motifs is 4. The standard InChI is InChI=1S/C31H27N3O2/c1-19(33-34-31(36)27-17-22-10-5-6-11-23(22)18-29(27)35)21-14-15-28-26(16-21)24-12-7-13-25(24)30(32-28)20-8-3-2-4-9-20/h2-12,14-18,24-25,30,32,35H,13H2,1H3,(H,34,36)/b33-19+. The number of hydrazone groups is 1. The fourth-order valence-corrected chi connectivity index (χ4v) is 5.48. The first kappa shape index (κ1) is 22.1. The number of rotatable bonds is 4. The van der Waals surface area contributed by atoms with E-state index in [1.807, 2.05) is 37.3 Å². The van der Waals surface area contributed by atoms with Crippen molar-refractivity contribution in [2.24, 2.45) is 11.0 Å². The van der Waals surface area contributed by atoms with Crippen LogP contribution in [0.5, 0.6) is 5.75 Å². The molecule has 1 aliphatic heterocycles. The molecule has 3 atom stereocenters. The fourth-order valence-electron chi connectivity index (χ4n) is 5.48. The third-order valence-corrected chi connectivity index (χ3v) is 7.37. The molecule has 0 fully saturated rings. The minimum Gasteiger partial charge on any atom is -0.507 e. The number of carbonyl (C=O) groups is 1. The number of hydrogen-bond donors (Lipinski definition) is 3. The molecule has 3 unspecified atom stereocenters. The van der Waals surface area contributed by atoms with Crippen LogP contribution in [0.25, 0.3) is 10.8 Å². The van der Waals surface area contributed by atoms with Crippen LogP contribution in [0, 0.1) is 5.92 Å². The zero-order chi connectivity index (χ0) is 24.6. The molecule has 3 N–H and O–H groups in total. The topological polar surface area (TPSA) is 73.7 Å². The number of amides is 1. The molecule has 0 aromatic heterocycles. The second-order valence-electron chi connectivity index (χ2n) is 9.54. The van der Waals surface area contributed by atoms with Crippen molar-refractivity contribution in [3.8, 4) is 5.75 Å². The van der Waals surface area contributed by atoms with Crippen molar-refractivity contribution in [1.82, 2.24) is 5.43 Å². The van der Waals surface area contributed by atoms with Crippen molar-refractivity contribution in [2.75, 3.05) is 5.32 Å². The summed E-state index contributed by atoms with van der Waals surface area (Å²) in [5.74, 6) is 0.291. The third kappa shape index (κ3) is 3.93. The van der Waals surface area contributed by atoms with E-state index in [0.717, 1.165) is 28.4 Å². The highest BCUT2D eigenvalue weighted by Crippen LogP contribution is 2.49. The molecule has 5 heteroatoms. The molecular formula is C31H27N3O2. The van der Waals surface area contributed by atoms with Gasteiger partial charge in [0.15, 0.2) is 0 Å². The number of anilines is 1. The molecule has 1 amide bonds. The minimum absolute atomic E-state index is 0.0639. The SMILES string of the molecule is C/C(=N\NC(=O)c1cc2ccccc2cc1O)c1ccc2c(c1)C1C=CCC1C(c1ccccc1)N2. The van der Waals surface area contributed by atoms with Crippen molar-refractivity contribution in [3.05, 3.63) is 119 Å². The van der Waals surface area contributed by atoms with E-state index < -0.39 is 5.91 Å². The van der Waals surface area contributed by atoms with Crippen molar-refractivity contribution in [1.29, 1.82) is 0 Å². The first-order valence-corrected chi connectivity index (χ1v) is 12.3. The number of carbonyl (C=O) groups excluding carboxylic acids is 1. The van der Waals surface area contributed by atoms with E-state index in [-0.39, 0.29) is 17.4 Å². The number of aromatic hydroxyl groups is 1. The van der Waals surface area contributed by atoms with Crippen LogP contribution in [0.2, 0.25) is 0 Å². The van der Waals surface area contributed by atoms with Gasteiger partial charge in [-0.1, -0.05) is 72.8 Å². The van der Waals surface area contributed by atoms with Gasteiger partial charge < -0.3 is 10.4 Å². The lowest BCUT2D eigenvalue weighted by Crippen LogP contribution is -2.29. The molecule has 4 aromatic carbocycles. The molecule has 0 bridgehead atoms. The van der Waals surface area contributed by atoms with Crippen LogP contribution in [0.1, 0.15) is 52.4 Å². The van der Waals surface area contributed by atoms with E-state index in [2.05, 4.69) is 70.5 Å². The third-order valence-electron chi connectivity index (χ3n) is 7.37. The van der Waals surface area contributed by atoms with Gasteiger partial charge >= 0.3 is 0 Å². The Labute approximate surface area is 210 Å². The van der Waals surface area contributed by atoms with Gasteiger partial charge in [-0.3, -0.25) is 4.79 Å². The Morgan fingerprint density at radius 1 is 0.972 bits per heavy atom. The van der Waals surface area contributed by atoms with Crippen LogP contribution in [0.4, 0.5) is 5.69 Å². The van der Waals surface area contributed by atoms with Gasteiger partial charge in [-0.15, -0.1) is 0 Å². The Kier molecular flexibility index (Phi) is 5.53. The summed E-state index contributed by atoms with van der Waals surface area (Å²) in [5, 5.41) is 20.2. The first-order chi connectivity index (χ1) is 17.6. The molecule has 178 valence electrons. The zero-order valence-corrected chi connectivity index (χ0v) is 20.0. The lowest BCUT2D eigenvalue weighted by atomic mass is 9.76. The second-order valence-corrected chi connectivity index (χ2v) is 9.54. The maximum absolute atomic E-state index is 12.8. The number of hydrogen-bond acceptors (Lipinski definition) is 4. The van der Waals surface area contributed by atoms with Gasteiger partial charge in [-0.05, 0) is 71.0 Å². The predicted octanol–water partition coefficient (Wildman–Crippen LogP) is 6.53. The minimum atomic E-state index is -0.443. The summed E-state index contributed by atoms with van der Waals surface area (Å²) in [5.41, 5.74) is 8.18. The molecule has 4 aromatic rings. The molecule has 36 heavy (non-hydrogen) atoms. The average molecular weight is 474 g/mol. The number of phenolic OH excluding ortho intramolecular Hbond substituents is 1. The highest BCUT2D eigenvalue weighted by molar-refractivity contribution is 6.04. The van der Waals surface area contributed by atoms with Crippen molar-refractivity contribution in [3.63, 3.8) is 0 Å². The number of benzene rings is 4. The van der Waals surface area contributed by atoms with Gasteiger partial charge in [0.2, 0.25) is 0 Å². The van der Waals surface area contributed by atoms with Crippen LogP contribution in [0.15, 0.2) is 102 Å². The Bertz CT molecular complexity index is 1520. The quantitative estimate of drug-likeness (QED) is 0.179. The Morgan fingerprint density at radius 3 is 2.53 bits per heavy atom. The summed E-state index contributed by atoms with van der Waals surface area (Å²) in [7, 11) is 0. The fraction of sp³-hybridized carbons (Fsp3) is 0.161. The molecule has 0 saturated heterocycles. The van der Waals surface area contributed by atoms with Gasteiger partial charge in [-0.25, -0.2) is 5.43 Å². The van der Waals surface area contributed by atoms with E-state index in [1.54, 1.807) is 12.1 Å². The first-order valence-electron chi connectivity index (χ1n) is 12.3. The number of nitrogens with zero attached hydrogens (tertiary/aromatic N) is 1. The van der Waals surface area contributed by atoms with Gasteiger partial charge in [-0.2, -0.15) is 5.10 Å². The van der Waals surface area contributed by atoms with Crippen molar-refractivity contribution in [2.45, 2.75) is 25.3 Å². The van der Waals surface area contributed by atoms with E-state index in [0.29, 0.717) is 17.5 Å². The van der Waals surface area contributed by atoms with Crippen molar-refractivity contribution >= 4 is 28.1 Å². The summed E-state index contributed by atoms with van der Waals surface area (Å²) in [6, 6.07) is 28.1.